The predicted molar refractivity (Wildman–Crippen MR) is 56.1 cm³/mol. The second kappa shape index (κ2) is 13.4. The van der Waals surface area contributed by atoms with Gasteiger partial charge >= 0.3 is 98.5 Å². The number of hydrogen-bond donors (Lipinski definition) is 0. The number of nitro groups is 3. The van der Waals surface area contributed by atoms with Crippen LogP contribution in [0.3, 0.4) is 0 Å². The van der Waals surface area contributed by atoms with E-state index in [1.165, 1.54) is 0 Å². The summed E-state index contributed by atoms with van der Waals surface area (Å²) in [6.07, 6.45) is 0. The molecule has 0 aliphatic rings. The van der Waals surface area contributed by atoms with E-state index in [2.05, 4.69) is 0 Å². The van der Waals surface area contributed by atoms with Crippen molar-refractivity contribution >= 4 is 17.1 Å². The molecule has 6 N–H and O–H groups in total. The third-order valence-electron chi connectivity index (χ3n) is 1.74. The van der Waals surface area contributed by atoms with Crippen LogP contribution in [0.25, 0.3) is 0 Å². The molecule has 16 heteroatoms. The number of rotatable bonds is 3. The zero-order chi connectivity index (χ0) is 13.3. The van der Waals surface area contributed by atoms with E-state index >= 15 is 0 Å². The van der Waals surface area contributed by atoms with Crippen molar-refractivity contribution in [1.82, 2.24) is 0 Å². The van der Waals surface area contributed by atoms with Gasteiger partial charge in [-0.3, -0.25) is 30.3 Å². The second-order valence-electron chi connectivity index (χ2n) is 2.69. The first kappa shape index (κ1) is 33.5. The summed E-state index contributed by atoms with van der Waals surface area (Å²) < 4.78 is 0. The molecule has 0 bridgehead atoms. The van der Waals surface area contributed by atoms with Crippen LogP contribution in [-0.2, 0) is 0 Å². The molecule has 114 valence electrons. The van der Waals surface area contributed by atoms with Crippen molar-refractivity contribution in [2.45, 2.75) is 0 Å². The molecule has 0 amide bonds. The van der Waals surface area contributed by atoms with Crippen LogP contribution in [0.5, 0.6) is 11.5 Å². The molecule has 1 aromatic rings. The van der Waals surface area contributed by atoms with Crippen LogP contribution in [0.15, 0.2) is 6.07 Å². The van der Waals surface area contributed by atoms with E-state index < -0.39 is 43.3 Å². The molecule has 0 atom stereocenters. The molecule has 0 spiro atoms. The minimum Gasteiger partial charge on any atom is -0.863 e. The molecule has 0 fully saturated rings. The van der Waals surface area contributed by atoms with Gasteiger partial charge in [-0.25, -0.2) is 0 Å². The summed E-state index contributed by atoms with van der Waals surface area (Å²) >= 11 is 0. The Morgan fingerprint density at radius 3 is 1.18 bits per heavy atom. The van der Waals surface area contributed by atoms with E-state index in [9.17, 15) is 40.6 Å². The van der Waals surface area contributed by atoms with E-state index in [0.29, 0.717) is 0 Å². The number of nitro benzene ring substituents is 3. The van der Waals surface area contributed by atoms with Crippen molar-refractivity contribution in [1.29, 1.82) is 0 Å². The number of benzene rings is 1. The van der Waals surface area contributed by atoms with Crippen molar-refractivity contribution in [2.24, 2.45) is 0 Å². The number of hydrogen-bond acceptors (Lipinski definition) is 8. The average molecular weight is 453 g/mol. The van der Waals surface area contributed by atoms with Crippen LogP contribution >= 0.6 is 0 Å². The molecule has 0 aromatic heterocycles. The summed E-state index contributed by atoms with van der Waals surface area (Å²) in [7, 11) is 0. The van der Waals surface area contributed by atoms with Crippen LogP contribution in [0.4, 0.5) is 17.1 Å². The fourth-order valence-corrected chi connectivity index (χ4v) is 1.04. The van der Waals surface area contributed by atoms with Gasteiger partial charge in [0.25, 0.3) is 17.1 Å². The topological polar surface area (TPSA) is 270 Å². The smallest absolute Gasteiger partial charge is 0.863 e. The van der Waals surface area contributed by atoms with E-state index in [4.69, 9.17) is 0 Å². The van der Waals surface area contributed by atoms with Crippen molar-refractivity contribution in [3.05, 3.63) is 36.4 Å². The van der Waals surface area contributed by atoms with E-state index in [1.807, 2.05) is 0 Å². The van der Waals surface area contributed by atoms with Crippen LogP contribution in [0.2, 0.25) is 0 Å². The Morgan fingerprint density at radius 1 is 0.727 bits per heavy atom. The van der Waals surface area contributed by atoms with Gasteiger partial charge in [0.1, 0.15) is 0 Å². The zero-order valence-electron chi connectivity index (χ0n) is 11.2. The Kier molecular flexibility index (Phi) is 20.4. The standard InChI is InChI=1S/C6H3N3O8.Cs.Na.3H2O/c10-5-2(7(12)13)1-3(8(14)15)6(11)4(5)9(16)17;;;;;/h1,10-11H;;;3*1H2/q;2*+1;;;/p-2. The van der Waals surface area contributed by atoms with Crippen molar-refractivity contribution in [2.75, 3.05) is 0 Å². The first-order valence-corrected chi connectivity index (χ1v) is 3.75. The van der Waals surface area contributed by atoms with Gasteiger partial charge in [0.15, 0.2) is 0 Å². The fourth-order valence-electron chi connectivity index (χ4n) is 1.04. The predicted octanol–water partition coefficient (Wildman–Crippen LogP) is -8.91. The summed E-state index contributed by atoms with van der Waals surface area (Å²) in [5, 5.41) is 53.3. The summed E-state index contributed by atoms with van der Waals surface area (Å²) in [6, 6.07) is 0.109. The van der Waals surface area contributed by atoms with Crippen molar-refractivity contribution < 1.29 is 140 Å². The molecule has 0 heterocycles. The van der Waals surface area contributed by atoms with E-state index in [-0.39, 0.29) is 121 Å². The maximum atomic E-state index is 11.1. The summed E-state index contributed by atoms with van der Waals surface area (Å²) in [5.74, 6) is -3.51. The minimum atomic E-state index is -1.75. The summed E-state index contributed by atoms with van der Waals surface area (Å²) in [4.78, 5) is 26.9. The monoisotopic (exact) mass is 453 g/mol. The minimum absolute atomic E-state index is 0. The van der Waals surface area contributed by atoms with Crippen LogP contribution in [-0.4, -0.2) is 31.2 Å². The van der Waals surface area contributed by atoms with Crippen LogP contribution in [0, 0.1) is 30.3 Å². The van der Waals surface area contributed by atoms with Gasteiger partial charge in [-0.2, -0.15) is 0 Å². The molecule has 0 saturated heterocycles. The van der Waals surface area contributed by atoms with Gasteiger partial charge in [-0.15, -0.1) is 0 Å². The molecule has 0 aliphatic carbocycles. The fraction of sp³-hybridized carbons (Fsp3) is 0. The average Bonchev–Trinajstić information content (AvgIpc) is 2.15. The maximum Gasteiger partial charge on any atom is 1.00 e. The van der Waals surface area contributed by atoms with E-state index in [0.717, 1.165) is 0 Å². The Morgan fingerprint density at radius 2 is 1.00 bits per heavy atom. The van der Waals surface area contributed by atoms with Gasteiger partial charge in [0, 0.05) is 0 Å². The van der Waals surface area contributed by atoms with Crippen LogP contribution < -0.4 is 109 Å². The number of nitrogens with zero attached hydrogens (tertiary/aromatic N) is 3. The second-order valence-corrected chi connectivity index (χ2v) is 2.69. The summed E-state index contributed by atoms with van der Waals surface area (Å²) in [5.41, 5.74) is -4.48. The van der Waals surface area contributed by atoms with Crippen molar-refractivity contribution in [3.8, 4) is 11.5 Å². The third-order valence-corrected chi connectivity index (χ3v) is 1.74. The first-order chi connectivity index (χ1) is 7.77. The molecule has 0 unspecified atom stereocenters. The SMILES string of the molecule is O.O.O.O=[N+]([O-])c1cc([N+](=O)[O-])c([O-])c([N+](=O)[O-])c1[O-].[Cs+].[Na+]. The normalized spacial score (nSPS) is 7.64. The van der Waals surface area contributed by atoms with E-state index in [1.54, 1.807) is 0 Å². The molecule has 14 nitrogen and oxygen atoms in total. The quantitative estimate of drug-likeness (QED) is 0.240. The summed E-state index contributed by atoms with van der Waals surface area (Å²) in [6.45, 7) is 0. The Labute approximate surface area is 201 Å². The van der Waals surface area contributed by atoms with Gasteiger partial charge in [0.05, 0.1) is 32.3 Å². The Balaban J connectivity index is -0.000000193. The molecule has 0 saturated carbocycles. The molecule has 1 rings (SSSR count). The molecule has 22 heavy (non-hydrogen) atoms. The van der Waals surface area contributed by atoms with Gasteiger partial charge < -0.3 is 26.6 Å². The first-order valence-electron chi connectivity index (χ1n) is 3.75. The van der Waals surface area contributed by atoms with Gasteiger partial charge in [0.2, 0.25) is 0 Å². The van der Waals surface area contributed by atoms with Crippen LogP contribution in [0.1, 0.15) is 0 Å². The third kappa shape index (κ3) is 7.02. The Hall–Kier alpha value is -0.0481. The molecular formula is C6H7CsN3NaO11. The molecule has 0 radical (unpaired) electrons. The molecular weight excluding hydrogens is 446 g/mol. The maximum absolute atomic E-state index is 11.1. The molecule has 0 aliphatic heterocycles. The zero-order valence-corrected chi connectivity index (χ0v) is 19.5. The Bertz CT molecular complexity index is 515. The molecule has 1 aromatic carbocycles. The largest absolute Gasteiger partial charge is 1.00 e. The van der Waals surface area contributed by atoms with Gasteiger partial charge in [-0.05, 0) is 0 Å². The van der Waals surface area contributed by atoms with Crippen molar-refractivity contribution in [3.63, 3.8) is 0 Å². The van der Waals surface area contributed by atoms with Gasteiger partial charge in [-0.1, -0.05) is 0 Å².